The van der Waals surface area contributed by atoms with Gasteiger partial charge in [0.1, 0.15) is 0 Å². The quantitative estimate of drug-likeness (QED) is 0.576. The second kappa shape index (κ2) is 9.77. The molecule has 0 bridgehead atoms. The molecule has 0 saturated heterocycles. The Morgan fingerprint density at radius 2 is 1.69 bits per heavy atom. The number of carbonyl (C=O) groups is 2. The van der Waals surface area contributed by atoms with E-state index in [4.69, 9.17) is 0 Å². The van der Waals surface area contributed by atoms with E-state index in [1.807, 2.05) is 56.3 Å². The molecule has 136 valence electrons. The number of nitrogens with zero attached hydrogens (tertiary/aromatic N) is 1. The summed E-state index contributed by atoms with van der Waals surface area (Å²) in [6.07, 6.45) is 0. The van der Waals surface area contributed by atoms with Crippen molar-refractivity contribution < 1.29 is 9.59 Å². The molecule has 2 rings (SSSR count). The first-order valence-electron chi connectivity index (χ1n) is 8.33. The van der Waals surface area contributed by atoms with Crippen molar-refractivity contribution in [2.24, 2.45) is 5.10 Å². The number of rotatable bonds is 7. The van der Waals surface area contributed by atoms with Crippen LogP contribution < -0.4 is 10.7 Å². The van der Waals surface area contributed by atoms with Crippen molar-refractivity contribution in [3.8, 4) is 0 Å². The molecule has 0 heterocycles. The lowest BCUT2D eigenvalue weighted by Crippen LogP contribution is -2.27. The summed E-state index contributed by atoms with van der Waals surface area (Å²) >= 11 is 1.57. The molecule has 6 heteroatoms. The molecule has 0 aliphatic rings. The predicted octanol–water partition coefficient (Wildman–Crippen LogP) is 3.81. The standard InChI is InChI=1S/C20H23N3O2S/c1-14(18-9-11-19(12-10-18)21-16(3)24)22-23-20(25)15(2)26-13-17-7-5-4-6-8-17/h4-12,15H,13H2,1-3H3,(H,21,24)(H,23,25)/b22-14-/t15-/m0/s1. The summed E-state index contributed by atoms with van der Waals surface area (Å²) in [6, 6.07) is 17.4. The van der Waals surface area contributed by atoms with Crippen molar-refractivity contribution >= 4 is 35.0 Å². The smallest absolute Gasteiger partial charge is 0.252 e. The van der Waals surface area contributed by atoms with Gasteiger partial charge in [0.25, 0.3) is 5.91 Å². The first-order valence-corrected chi connectivity index (χ1v) is 9.38. The normalized spacial score (nSPS) is 12.3. The highest BCUT2D eigenvalue weighted by Crippen LogP contribution is 2.17. The number of hydrogen-bond acceptors (Lipinski definition) is 4. The van der Waals surface area contributed by atoms with E-state index in [1.165, 1.54) is 12.5 Å². The average molecular weight is 369 g/mol. The molecular formula is C20H23N3O2S. The third kappa shape index (κ3) is 6.37. The van der Waals surface area contributed by atoms with E-state index < -0.39 is 0 Å². The van der Waals surface area contributed by atoms with Crippen molar-refractivity contribution in [2.45, 2.75) is 31.8 Å². The highest BCUT2D eigenvalue weighted by molar-refractivity contribution is 7.99. The number of amides is 2. The molecule has 0 fully saturated rings. The van der Waals surface area contributed by atoms with Crippen molar-refractivity contribution in [2.75, 3.05) is 5.32 Å². The molecule has 2 amide bonds. The van der Waals surface area contributed by atoms with Gasteiger partial charge in [0.05, 0.1) is 11.0 Å². The van der Waals surface area contributed by atoms with Crippen LogP contribution in [0.1, 0.15) is 31.9 Å². The predicted molar refractivity (Wildman–Crippen MR) is 108 cm³/mol. The topological polar surface area (TPSA) is 70.6 Å². The number of thioether (sulfide) groups is 1. The van der Waals surface area contributed by atoms with Gasteiger partial charge in [0.15, 0.2) is 0 Å². The van der Waals surface area contributed by atoms with Gasteiger partial charge in [-0.2, -0.15) is 5.10 Å². The molecule has 2 aromatic carbocycles. The summed E-state index contributed by atoms with van der Waals surface area (Å²) in [5, 5.41) is 6.69. The van der Waals surface area contributed by atoms with Gasteiger partial charge < -0.3 is 5.32 Å². The van der Waals surface area contributed by atoms with Crippen LogP contribution in [0.4, 0.5) is 5.69 Å². The Morgan fingerprint density at radius 3 is 2.31 bits per heavy atom. The maximum Gasteiger partial charge on any atom is 0.252 e. The fraction of sp³-hybridized carbons (Fsp3) is 0.250. The third-order valence-corrected chi connectivity index (χ3v) is 4.88. The zero-order valence-electron chi connectivity index (χ0n) is 15.2. The Labute approximate surface area is 158 Å². The molecular weight excluding hydrogens is 346 g/mol. The Balaban J connectivity index is 1.86. The molecule has 0 unspecified atom stereocenters. The fourth-order valence-electron chi connectivity index (χ4n) is 2.16. The lowest BCUT2D eigenvalue weighted by atomic mass is 10.1. The van der Waals surface area contributed by atoms with E-state index in [0.29, 0.717) is 5.71 Å². The van der Waals surface area contributed by atoms with Crippen LogP contribution in [-0.2, 0) is 15.3 Å². The number of nitrogens with one attached hydrogen (secondary N) is 2. The molecule has 0 radical (unpaired) electrons. The summed E-state index contributed by atoms with van der Waals surface area (Å²) < 4.78 is 0. The molecule has 26 heavy (non-hydrogen) atoms. The first kappa shape index (κ1) is 19.7. The number of hydrazone groups is 1. The number of hydrogen-bond donors (Lipinski definition) is 2. The maximum absolute atomic E-state index is 12.2. The van der Waals surface area contributed by atoms with Gasteiger partial charge in [-0.15, -0.1) is 11.8 Å². The van der Waals surface area contributed by atoms with Crippen molar-refractivity contribution in [1.82, 2.24) is 5.43 Å². The Hall–Kier alpha value is -2.60. The molecule has 2 aromatic rings. The van der Waals surface area contributed by atoms with Crippen LogP contribution in [0.2, 0.25) is 0 Å². The summed E-state index contributed by atoms with van der Waals surface area (Å²) in [6.45, 7) is 5.17. The minimum atomic E-state index is -0.200. The highest BCUT2D eigenvalue weighted by atomic mass is 32.2. The van der Waals surface area contributed by atoms with Crippen molar-refractivity contribution in [3.63, 3.8) is 0 Å². The van der Waals surface area contributed by atoms with Crippen LogP contribution in [-0.4, -0.2) is 22.8 Å². The largest absolute Gasteiger partial charge is 0.326 e. The maximum atomic E-state index is 12.2. The van der Waals surface area contributed by atoms with E-state index in [2.05, 4.69) is 15.8 Å². The molecule has 2 N–H and O–H groups in total. The van der Waals surface area contributed by atoms with Crippen LogP contribution >= 0.6 is 11.8 Å². The van der Waals surface area contributed by atoms with E-state index >= 15 is 0 Å². The number of benzene rings is 2. The van der Waals surface area contributed by atoms with Gasteiger partial charge in [-0.05, 0) is 37.1 Å². The minimum Gasteiger partial charge on any atom is -0.326 e. The van der Waals surface area contributed by atoms with Crippen LogP contribution in [0.3, 0.4) is 0 Å². The zero-order valence-corrected chi connectivity index (χ0v) is 16.0. The van der Waals surface area contributed by atoms with Crippen LogP contribution in [0.15, 0.2) is 59.7 Å². The molecule has 5 nitrogen and oxygen atoms in total. The van der Waals surface area contributed by atoms with Crippen LogP contribution in [0.5, 0.6) is 0 Å². The SMILES string of the molecule is CC(=O)Nc1ccc(/C(C)=N\NC(=O)[C@H](C)SCc2ccccc2)cc1. The van der Waals surface area contributed by atoms with Crippen molar-refractivity contribution in [3.05, 3.63) is 65.7 Å². The third-order valence-electron chi connectivity index (χ3n) is 3.67. The molecule has 0 aromatic heterocycles. The Bertz CT molecular complexity index is 773. The second-order valence-electron chi connectivity index (χ2n) is 5.87. The summed E-state index contributed by atoms with van der Waals surface area (Å²) in [5.41, 5.74) is 6.12. The van der Waals surface area contributed by atoms with E-state index in [1.54, 1.807) is 23.9 Å². The van der Waals surface area contributed by atoms with E-state index in [9.17, 15) is 9.59 Å². The van der Waals surface area contributed by atoms with Gasteiger partial charge in [-0.25, -0.2) is 5.43 Å². The van der Waals surface area contributed by atoms with Crippen LogP contribution in [0, 0.1) is 0 Å². The zero-order chi connectivity index (χ0) is 18.9. The fourth-order valence-corrected chi connectivity index (χ4v) is 3.00. The van der Waals surface area contributed by atoms with Gasteiger partial charge in [0, 0.05) is 18.4 Å². The first-order chi connectivity index (χ1) is 12.5. The Morgan fingerprint density at radius 1 is 1.04 bits per heavy atom. The summed E-state index contributed by atoms with van der Waals surface area (Å²) in [7, 11) is 0. The molecule has 0 saturated carbocycles. The lowest BCUT2D eigenvalue weighted by Gasteiger charge is -2.10. The highest BCUT2D eigenvalue weighted by Gasteiger charge is 2.13. The van der Waals surface area contributed by atoms with Gasteiger partial charge in [-0.3, -0.25) is 9.59 Å². The Kier molecular flexibility index (Phi) is 7.41. The van der Waals surface area contributed by atoms with Gasteiger partial charge in [-0.1, -0.05) is 42.5 Å². The molecule has 0 aliphatic carbocycles. The number of anilines is 1. The van der Waals surface area contributed by atoms with E-state index in [0.717, 1.165) is 17.0 Å². The number of carbonyl (C=O) groups excluding carboxylic acids is 2. The van der Waals surface area contributed by atoms with E-state index in [-0.39, 0.29) is 17.1 Å². The molecule has 0 spiro atoms. The monoisotopic (exact) mass is 369 g/mol. The van der Waals surface area contributed by atoms with Crippen molar-refractivity contribution in [1.29, 1.82) is 0 Å². The second-order valence-corrected chi connectivity index (χ2v) is 7.20. The molecule has 1 atom stereocenters. The van der Waals surface area contributed by atoms with Gasteiger partial charge >= 0.3 is 0 Å². The van der Waals surface area contributed by atoms with Crippen LogP contribution in [0.25, 0.3) is 0 Å². The lowest BCUT2D eigenvalue weighted by molar-refractivity contribution is -0.120. The average Bonchev–Trinajstić information content (AvgIpc) is 2.64. The summed E-state index contributed by atoms with van der Waals surface area (Å²) in [4.78, 5) is 23.2. The summed E-state index contributed by atoms with van der Waals surface area (Å²) in [5.74, 6) is 0.542. The minimum absolute atomic E-state index is 0.114. The van der Waals surface area contributed by atoms with Gasteiger partial charge in [0.2, 0.25) is 5.91 Å². The molecule has 0 aliphatic heterocycles.